The number of ether oxygens (including phenoxy) is 1. The van der Waals surface area contributed by atoms with Crippen LogP contribution in [0.3, 0.4) is 0 Å². The van der Waals surface area contributed by atoms with Gasteiger partial charge < -0.3 is 10.1 Å². The Kier molecular flexibility index (Phi) is 1.24. The van der Waals surface area contributed by atoms with Gasteiger partial charge in [0.1, 0.15) is 0 Å². The molecule has 2 heteroatoms. The lowest BCUT2D eigenvalue weighted by molar-refractivity contribution is 0.175. The molecule has 52 valence electrons. The van der Waals surface area contributed by atoms with Crippen molar-refractivity contribution in [3.05, 3.63) is 0 Å². The van der Waals surface area contributed by atoms with Crippen molar-refractivity contribution in [3.63, 3.8) is 0 Å². The Balaban J connectivity index is 1.81. The summed E-state index contributed by atoms with van der Waals surface area (Å²) in [6.45, 7) is 3.45. The molecule has 0 bridgehead atoms. The van der Waals surface area contributed by atoms with Crippen molar-refractivity contribution in [2.75, 3.05) is 26.8 Å². The summed E-state index contributed by atoms with van der Waals surface area (Å²) in [6, 6.07) is 0. The molecule has 0 unspecified atom stereocenters. The van der Waals surface area contributed by atoms with E-state index in [0.29, 0.717) is 0 Å². The molecule has 1 saturated heterocycles. The van der Waals surface area contributed by atoms with Crippen LogP contribution in [0.2, 0.25) is 0 Å². The van der Waals surface area contributed by atoms with Crippen LogP contribution in [0.15, 0.2) is 0 Å². The highest BCUT2D eigenvalue weighted by atomic mass is 16.5. The molecular formula is C7H13NO. The van der Waals surface area contributed by atoms with Crippen molar-refractivity contribution in [2.45, 2.75) is 0 Å². The van der Waals surface area contributed by atoms with Crippen molar-refractivity contribution in [2.24, 2.45) is 17.8 Å². The smallest absolute Gasteiger partial charge is 0.0496 e. The second-order valence-corrected chi connectivity index (χ2v) is 3.11. The first-order chi connectivity index (χ1) is 4.43. The minimum Gasteiger partial charge on any atom is -0.384 e. The van der Waals surface area contributed by atoms with E-state index in [0.717, 1.165) is 24.4 Å². The van der Waals surface area contributed by atoms with E-state index in [1.807, 2.05) is 0 Å². The second kappa shape index (κ2) is 1.96. The summed E-state index contributed by atoms with van der Waals surface area (Å²) in [4.78, 5) is 0. The molecule has 0 spiro atoms. The van der Waals surface area contributed by atoms with Crippen LogP contribution in [-0.4, -0.2) is 26.8 Å². The molecule has 2 fully saturated rings. The van der Waals surface area contributed by atoms with E-state index < -0.39 is 0 Å². The molecule has 2 aliphatic rings. The van der Waals surface area contributed by atoms with Gasteiger partial charge in [-0.25, -0.2) is 0 Å². The molecule has 0 amide bonds. The Hall–Kier alpha value is -0.0800. The van der Waals surface area contributed by atoms with Gasteiger partial charge in [0, 0.05) is 13.7 Å². The maximum atomic E-state index is 5.07. The zero-order valence-corrected chi connectivity index (χ0v) is 5.76. The van der Waals surface area contributed by atoms with Gasteiger partial charge in [-0.15, -0.1) is 0 Å². The summed E-state index contributed by atoms with van der Waals surface area (Å²) in [7, 11) is 1.79. The van der Waals surface area contributed by atoms with E-state index in [1.165, 1.54) is 13.1 Å². The molecule has 0 aromatic carbocycles. The Morgan fingerprint density at radius 2 is 2.11 bits per heavy atom. The van der Waals surface area contributed by atoms with E-state index in [9.17, 15) is 0 Å². The normalized spacial score (nSPS) is 47.0. The van der Waals surface area contributed by atoms with Gasteiger partial charge >= 0.3 is 0 Å². The number of rotatable bonds is 2. The quantitative estimate of drug-likeness (QED) is 0.568. The van der Waals surface area contributed by atoms with Crippen LogP contribution in [0, 0.1) is 17.8 Å². The molecule has 0 radical (unpaired) electrons. The maximum Gasteiger partial charge on any atom is 0.0496 e. The summed E-state index contributed by atoms with van der Waals surface area (Å²) >= 11 is 0. The van der Waals surface area contributed by atoms with E-state index in [4.69, 9.17) is 4.74 Å². The van der Waals surface area contributed by atoms with Crippen LogP contribution < -0.4 is 5.32 Å². The molecule has 0 aromatic heterocycles. The van der Waals surface area contributed by atoms with Crippen LogP contribution in [0.5, 0.6) is 0 Å². The number of hydrogen-bond acceptors (Lipinski definition) is 2. The number of nitrogens with one attached hydrogen (secondary N) is 1. The lowest BCUT2D eigenvalue weighted by atomic mass is 10.3. The highest BCUT2D eigenvalue weighted by molar-refractivity contribution is 5.03. The lowest BCUT2D eigenvalue weighted by Crippen LogP contribution is -2.16. The Morgan fingerprint density at radius 1 is 1.44 bits per heavy atom. The standard InChI is InChI=1S/C7H13NO/c1-9-4-7-5-2-8-3-6(5)7/h5-8H,2-4H2,1H3/t5-,6-/m0/s1. The van der Waals surface area contributed by atoms with Crippen molar-refractivity contribution in [1.82, 2.24) is 5.32 Å². The summed E-state index contributed by atoms with van der Waals surface area (Å²) < 4.78 is 5.07. The van der Waals surface area contributed by atoms with Crippen LogP contribution in [0.25, 0.3) is 0 Å². The molecule has 1 N–H and O–H groups in total. The fraction of sp³-hybridized carbons (Fsp3) is 1.00. The number of fused-ring (bicyclic) bond motifs is 1. The van der Waals surface area contributed by atoms with Gasteiger partial charge in [0.05, 0.1) is 0 Å². The van der Waals surface area contributed by atoms with E-state index in [1.54, 1.807) is 7.11 Å². The first kappa shape index (κ1) is 5.69. The first-order valence-electron chi connectivity index (χ1n) is 3.63. The minimum atomic E-state index is 0.899. The highest BCUT2D eigenvalue weighted by Gasteiger charge is 2.52. The zero-order chi connectivity index (χ0) is 6.27. The van der Waals surface area contributed by atoms with Crippen LogP contribution in [0.1, 0.15) is 0 Å². The molecule has 1 saturated carbocycles. The highest BCUT2D eigenvalue weighted by Crippen LogP contribution is 2.48. The first-order valence-corrected chi connectivity index (χ1v) is 3.63. The lowest BCUT2D eigenvalue weighted by Gasteiger charge is -2.00. The third kappa shape index (κ3) is 0.775. The summed E-state index contributed by atoms with van der Waals surface area (Å²) in [5, 5.41) is 3.35. The molecule has 1 aliphatic carbocycles. The number of hydrogen-bond donors (Lipinski definition) is 1. The molecule has 2 rings (SSSR count). The Bertz CT molecular complexity index is 105. The Labute approximate surface area is 55.6 Å². The summed E-state index contributed by atoms with van der Waals surface area (Å²) in [6.07, 6.45) is 0. The minimum absolute atomic E-state index is 0.899. The molecule has 0 aromatic rings. The van der Waals surface area contributed by atoms with Gasteiger partial charge in [-0.3, -0.25) is 0 Å². The van der Waals surface area contributed by atoms with Gasteiger partial charge in [-0.1, -0.05) is 0 Å². The average Bonchev–Trinajstić information content (AvgIpc) is 2.39. The average molecular weight is 127 g/mol. The van der Waals surface area contributed by atoms with Gasteiger partial charge in [0.15, 0.2) is 0 Å². The molecular weight excluding hydrogens is 114 g/mol. The fourth-order valence-electron chi connectivity index (χ4n) is 1.99. The fourth-order valence-corrected chi connectivity index (χ4v) is 1.99. The third-order valence-corrected chi connectivity index (χ3v) is 2.63. The van der Waals surface area contributed by atoms with Crippen molar-refractivity contribution >= 4 is 0 Å². The van der Waals surface area contributed by atoms with E-state index in [2.05, 4.69) is 5.32 Å². The second-order valence-electron chi connectivity index (χ2n) is 3.11. The van der Waals surface area contributed by atoms with Gasteiger partial charge in [0.25, 0.3) is 0 Å². The predicted octanol–water partition coefficient (Wildman–Crippen LogP) is 0.0982. The largest absolute Gasteiger partial charge is 0.384 e. The summed E-state index contributed by atoms with van der Waals surface area (Å²) in [5.74, 6) is 2.83. The van der Waals surface area contributed by atoms with Crippen LogP contribution in [-0.2, 0) is 4.74 Å². The van der Waals surface area contributed by atoms with Gasteiger partial charge in [-0.05, 0) is 30.8 Å². The zero-order valence-electron chi connectivity index (χ0n) is 5.76. The Morgan fingerprint density at radius 3 is 2.67 bits per heavy atom. The van der Waals surface area contributed by atoms with Gasteiger partial charge in [0.2, 0.25) is 0 Å². The van der Waals surface area contributed by atoms with E-state index in [-0.39, 0.29) is 0 Å². The molecule has 1 aliphatic heterocycles. The number of methoxy groups -OCH3 is 1. The molecule has 2 nitrogen and oxygen atoms in total. The van der Waals surface area contributed by atoms with Crippen molar-refractivity contribution < 1.29 is 4.74 Å². The topological polar surface area (TPSA) is 21.3 Å². The van der Waals surface area contributed by atoms with Gasteiger partial charge in [-0.2, -0.15) is 0 Å². The van der Waals surface area contributed by atoms with E-state index >= 15 is 0 Å². The van der Waals surface area contributed by atoms with Crippen molar-refractivity contribution in [1.29, 1.82) is 0 Å². The third-order valence-electron chi connectivity index (χ3n) is 2.63. The number of piperidine rings is 1. The van der Waals surface area contributed by atoms with Crippen LogP contribution >= 0.6 is 0 Å². The maximum absolute atomic E-state index is 5.07. The molecule has 1 heterocycles. The SMILES string of the molecule is COCC1[C@H]2CNC[C@H]12. The predicted molar refractivity (Wildman–Crippen MR) is 35.2 cm³/mol. The molecule has 9 heavy (non-hydrogen) atoms. The molecule has 2 atom stereocenters. The summed E-state index contributed by atoms with van der Waals surface area (Å²) in [5.41, 5.74) is 0. The monoisotopic (exact) mass is 127 g/mol. The van der Waals surface area contributed by atoms with Crippen LogP contribution in [0.4, 0.5) is 0 Å². The van der Waals surface area contributed by atoms with Crippen molar-refractivity contribution in [3.8, 4) is 0 Å².